The van der Waals surface area contributed by atoms with Gasteiger partial charge in [0.05, 0.1) is 6.10 Å². The SMILES string of the molecule is CC(C)(C)[Si](C)(C)O[C@H]1CCCC[C@H]1CO. The van der Waals surface area contributed by atoms with Crippen LogP contribution in [0, 0.1) is 5.92 Å². The van der Waals surface area contributed by atoms with E-state index in [0.29, 0.717) is 18.6 Å². The van der Waals surface area contributed by atoms with Crippen LogP contribution in [0.15, 0.2) is 0 Å². The fraction of sp³-hybridized carbons (Fsp3) is 1.00. The van der Waals surface area contributed by atoms with E-state index >= 15 is 0 Å². The van der Waals surface area contributed by atoms with E-state index in [-0.39, 0.29) is 5.04 Å². The molecule has 1 rings (SSSR count). The van der Waals surface area contributed by atoms with Gasteiger partial charge in [-0.05, 0) is 31.0 Å². The maximum Gasteiger partial charge on any atom is 0.192 e. The maximum absolute atomic E-state index is 9.40. The summed E-state index contributed by atoms with van der Waals surface area (Å²) >= 11 is 0. The summed E-state index contributed by atoms with van der Waals surface area (Å²) in [6, 6.07) is 0. The largest absolute Gasteiger partial charge is 0.414 e. The van der Waals surface area contributed by atoms with Crippen molar-refractivity contribution < 1.29 is 9.53 Å². The molecule has 1 N–H and O–H groups in total. The molecule has 3 heteroatoms. The van der Waals surface area contributed by atoms with Gasteiger partial charge in [0.25, 0.3) is 0 Å². The highest BCUT2D eigenvalue weighted by Crippen LogP contribution is 2.40. The number of aliphatic hydroxyl groups excluding tert-OH is 1. The smallest absolute Gasteiger partial charge is 0.192 e. The predicted molar refractivity (Wildman–Crippen MR) is 71.1 cm³/mol. The summed E-state index contributed by atoms with van der Waals surface area (Å²) in [7, 11) is -1.66. The summed E-state index contributed by atoms with van der Waals surface area (Å²) in [5.41, 5.74) is 0. The third-order valence-electron chi connectivity index (χ3n) is 4.33. The van der Waals surface area contributed by atoms with Crippen LogP contribution in [0.4, 0.5) is 0 Å². The van der Waals surface area contributed by atoms with Gasteiger partial charge in [-0.1, -0.05) is 33.6 Å². The lowest BCUT2D eigenvalue weighted by molar-refractivity contribution is 0.0440. The van der Waals surface area contributed by atoms with Crippen molar-refractivity contribution in [3.05, 3.63) is 0 Å². The fourth-order valence-electron chi connectivity index (χ4n) is 2.09. The Morgan fingerprint density at radius 1 is 1.19 bits per heavy atom. The summed E-state index contributed by atoms with van der Waals surface area (Å²) in [4.78, 5) is 0. The Hall–Kier alpha value is 0.137. The molecule has 96 valence electrons. The van der Waals surface area contributed by atoms with Crippen LogP contribution >= 0.6 is 0 Å². The molecule has 0 saturated heterocycles. The first-order chi connectivity index (χ1) is 7.28. The minimum Gasteiger partial charge on any atom is -0.414 e. The molecule has 0 radical (unpaired) electrons. The van der Waals surface area contributed by atoms with Gasteiger partial charge in [0, 0.05) is 12.5 Å². The maximum atomic E-state index is 9.40. The van der Waals surface area contributed by atoms with Gasteiger partial charge < -0.3 is 9.53 Å². The van der Waals surface area contributed by atoms with Crippen LogP contribution in [0.5, 0.6) is 0 Å². The minimum atomic E-state index is -1.66. The molecule has 2 atom stereocenters. The van der Waals surface area contributed by atoms with E-state index in [2.05, 4.69) is 33.9 Å². The Labute approximate surface area is 102 Å². The van der Waals surface area contributed by atoms with Crippen molar-refractivity contribution in [3.8, 4) is 0 Å². The van der Waals surface area contributed by atoms with E-state index < -0.39 is 8.32 Å². The quantitative estimate of drug-likeness (QED) is 0.769. The van der Waals surface area contributed by atoms with E-state index in [1.54, 1.807) is 0 Å². The van der Waals surface area contributed by atoms with E-state index in [1.165, 1.54) is 12.8 Å². The van der Waals surface area contributed by atoms with Gasteiger partial charge in [0.1, 0.15) is 0 Å². The van der Waals surface area contributed by atoms with Crippen LogP contribution in [0.3, 0.4) is 0 Å². The van der Waals surface area contributed by atoms with Crippen LogP contribution in [0.25, 0.3) is 0 Å². The van der Waals surface area contributed by atoms with Gasteiger partial charge in [-0.25, -0.2) is 0 Å². The van der Waals surface area contributed by atoms with Gasteiger partial charge in [0.2, 0.25) is 0 Å². The second kappa shape index (κ2) is 5.19. The fourth-order valence-corrected chi connectivity index (χ4v) is 3.51. The van der Waals surface area contributed by atoms with Crippen molar-refractivity contribution in [3.63, 3.8) is 0 Å². The number of hydrogen-bond donors (Lipinski definition) is 1. The number of hydrogen-bond acceptors (Lipinski definition) is 2. The first-order valence-corrected chi connectivity index (χ1v) is 9.47. The van der Waals surface area contributed by atoms with Crippen LogP contribution < -0.4 is 0 Å². The average Bonchev–Trinajstić information content (AvgIpc) is 2.16. The predicted octanol–water partition coefficient (Wildman–Crippen LogP) is 3.56. The molecule has 0 bridgehead atoms. The average molecular weight is 244 g/mol. The van der Waals surface area contributed by atoms with Gasteiger partial charge in [-0.15, -0.1) is 0 Å². The summed E-state index contributed by atoms with van der Waals surface area (Å²) in [6.07, 6.45) is 5.09. The molecular formula is C13H28O2Si. The van der Waals surface area contributed by atoms with Gasteiger partial charge >= 0.3 is 0 Å². The second-order valence-electron chi connectivity index (χ2n) is 6.64. The third-order valence-corrected chi connectivity index (χ3v) is 8.83. The second-order valence-corrected chi connectivity index (χ2v) is 11.4. The molecule has 0 unspecified atom stereocenters. The normalized spacial score (nSPS) is 28.1. The van der Waals surface area contributed by atoms with Crippen molar-refractivity contribution >= 4 is 8.32 Å². The minimum absolute atomic E-state index is 0.268. The standard InChI is InChI=1S/C13H28O2Si/c1-13(2,3)16(4,5)15-12-9-7-6-8-11(12)10-14/h11-12,14H,6-10H2,1-5H3/t11-,12-/m0/s1. The molecular weight excluding hydrogens is 216 g/mol. The van der Waals surface area contributed by atoms with Crippen molar-refractivity contribution in [1.82, 2.24) is 0 Å². The molecule has 1 aliphatic carbocycles. The molecule has 0 amide bonds. The monoisotopic (exact) mass is 244 g/mol. The first kappa shape index (κ1) is 14.2. The molecule has 0 aromatic rings. The zero-order valence-corrected chi connectivity index (χ0v) is 12.5. The van der Waals surface area contributed by atoms with Crippen LogP contribution in [0.1, 0.15) is 46.5 Å². The van der Waals surface area contributed by atoms with Crippen molar-refractivity contribution in [2.75, 3.05) is 6.61 Å². The molecule has 0 aromatic carbocycles. The highest BCUT2D eigenvalue weighted by Gasteiger charge is 2.41. The van der Waals surface area contributed by atoms with Crippen LogP contribution in [-0.4, -0.2) is 26.1 Å². The van der Waals surface area contributed by atoms with Gasteiger partial charge in [0.15, 0.2) is 8.32 Å². The summed E-state index contributed by atoms with van der Waals surface area (Å²) in [5.74, 6) is 0.378. The zero-order valence-electron chi connectivity index (χ0n) is 11.5. The van der Waals surface area contributed by atoms with Crippen molar-refractivity contribution in [2.24, 2.45) is 5.92 Å². The van der Waals surface area contributed by atoms with E-state index in [9.17, 15) is 5.11 Å². The topological polar surface area (TPSA) is 29.5 Å². The van der Waals surface area contributed by atoms with E-state index in [4.69, 9.17) is 4.43 Å². The highest BCUT2D eigenvalue weighted by molar-refractivity contribution is 6.74. The van der Waals surface area contributed by atoms with Crippen LogP contribution in [0.2, 0.25) is 18.1 Å². The molecule has 1 saturated carbocycles. The molecule has 0 spiro atoms. The molecule has 1 fully saturated rings. The van der Waals surface area contributed by atoms with Gasteiger partial charge in [-0.3, -0.25) is 0 Å². The molecule has 0 heterocycles. The lowest BCUT2D eigenvalue weighted by Gasteiger charge is -2.42. The summed E-state index contributed by atoms with van der Waals surface area (Å²) in [5, 5.41) is 9.66. The molecule has 16 heavy (non-hydrogen) atoms. The van der Waals surface area contributed by atoms with Crippen LogP contribution in [-0.2, 0) is 4.43 Å². The number of rotatable bonds is 3. The van der Waals surface area contributed by atoms with E-state index in [0.717, 1.165) is 12.8 Å². The third kappa shape index (κ3) is 3.31. The Kier molecular flexibility index (Phi) is 4.61. The number of aliphatic hydroxyl groups is 1. The Bertz CT molecular complexity index is 220. The van der Waals surface area contributed by atoms with E-state index in [1.807, 2.05) is 0 Å². The van der Waals surface area contributed by atoms with Gasteiger partial charge in [-0.2, -0.15) is 0 Å². The Morgan fingerprint density at radius 2 is 1.75 bits per heavy atom. The molecule has 1 aliphatic rings. The molecule has 0 aliphatic heterocycles. The lowest BCUT2D eigenvalue weighted by Crippen LogP contribution is -2.47. The highest BCUT2D eigenvalue weighted by atomic mass is 28.4. The molecule has 0 aromatic heterocycles. The van der Waals surface area contributed by atoms with Crippen molar-refractivity contribution in [1.29, 1.82) is 0 Å². The summed E-state index contributed by atoms with van der Waals surface area (Å²) in [6.45, 7) is 11.7. The lowest BCUT2D eigenvalue weighted by atomic mass is 9.87. The Morgan fingerprint density at radius 3 is 2.25 bits per heavy atom. The Balaban J connectivity index is 2.64. The van der Waals surface area contributed by atoms with Crippen molar-refractivity contribution in [2.45, 2.75) is 70.7 Å². The zero-order chi connectivity index (χ0) is 12.4. The molecule has 2 nitrogen and oxygen atoms in total. The first-order valence-electron chi connectivity index (χ1n) is 6.56. The summed E-state index contributed by atoms with van der Waals surface area (Å²) < 4.78 is 6.43.